The van der Waals surface area contributed by atoms with Crippen LogP contribution in [0.3, 0.4) is 0 Å². The highest BCUT2D eigenvalue weighted by atomic mass is 16.5. The van der Waals surface area contributed by atoms with Crippen LogP contribution in [0.4, 0.5) is 0 Å². The molecule has 0 amide bonds. The average molecular weight is 326 g/mol. The second-order valence-electron chi connectivity index (χ2n) is 5.22. The van der Waals surface area contributed by atoms with Crippen molar-refractivity contribution in [2.75, 3.05) is 13.7 Å². The fourth-order valence-corrected chi connectivity index (χ4v) is 2.21. The summed E-state index contributed by atoms with van der Waals surface area (Å²) in [6.07, 6.45) is 1.47. The summed E-state index contributed by atoms with van der Waals surface area (Å²) in [4.78, 5) is 11.6. The van der Waals surface area contributed by atoms with E-state index in [1.54, 1.807) is 14.0 Å². The lowest BCUT2D eigenvalue weighted by molar-refractivity contribution is -0.137. The Bertz CT molecular complexity index is 705. The molecular weight excluding hydrogens is 304 g/mol. The molecule has 0 unspecified atom stereocenters. The Morgan fingerprint density at radius 3 is 2.50 bits per heavy atom. The number of ether oxygens (including phenoxy) is 3. The van der Waals surface area contributed by atoms with Gasteiger partial charge in [0.1, 0.15) is 6.61 Å². The minimum absolute atomic E-state index is 0.349. The highest BCUT2D eigenvalue weighted by Gasteiger charge is 2.08. The zero-order chi connectivity index (χ0) is 17.4. The molecule has 4 nitrogen and oxygen atoms in total. The molecule has 0 N–H and O–H groups in total. The lowest BCUT2D eigenvalue weighted by Gasteiger charge is -2.12. The summed E-state index contributed by atoms with van der Waals surface area (Å²) in [5.74, 6) is 0.937. The maximum atomic E-state index is 11.6. The summed E-state index contributed by atoms with van der Waals surface area (Å²) in [6, 6.07) is 15.5. The van der Waals surface area contributed by atoms with Gasteiger partial charge in [-0.05, 0) is 42.7 Å². The Morgan fingerprint density at radius 2 is 1.83 bits per heavy atom. The molecule has 126 valence electrons. The van der Waals surface area contributed by atoms with E-state index in [-0.39, 0.29) is 5.97 Å². The third kappa shape index (κ3) is 4.88. The van der Waals surface area contributed by atoms with Crippen molar-refractivity contribution in [1.82, 2.24) is 0 Å². The summed E-state index contributed by atoms with van der Waals surface area (Å²) in [5, 5.41) is 0. The van der Waals surface area contributed by atoms with E-state index in [0.717, 1.165) is 16.7 Å². The van der Waals surface area contributed by atoms with Gasteiger partial charge in [-0.15, -0.1) is 0 Å². The zero-order valence-electron chi connectivity index (χ0n) is 14.2. The van der Waals surface area contributed by atoms with Crippen molar-refractivity contribution in [2.45, 2.75) is 20.5 Å². The first-order valence-corrected chi connectivity index (χ1v) is 7.84. The van der Waals surface area contributed by atoms with Crippen LogP contribution in [0.15, 0.2) is 54.6 Å². The van der Waals surface area contributed by atoms with E-state index < -0.39 is 0 Å². The van der Waals surface area contributed by atoms with Crippen molar-refractivity contribution < 1.29 is 19.0 Å². The number of benzene rings is 2. The van der Waals surface area contributed by atoms with Crippen LogP contribution in [0.1, 0.15) is 25.0 Å². The Hall–Kier alpha value is -2.75. The van der Waals surface area contributed by atoms with E-state index >= 15 is 0 Å². The van der Waals surface area contributed by atoms with Gasteiger partial charge in [-0.3, -0.25) is 0 Å². The SMILES string of the molecule is CCOC(=O)/C=C(\C)c1ccc(OCc2ccccc2)c(OC)c1. The molecule has 0 radical (unpaired) electrons. The van der Waals surface area contributed by atoms with Crippen LogP contribution in [-0.2, 0) is 16.1 Å². The minimum Gasteiger partial charge on any atom is -0.493 e. The minimum atomic E-state index is -0.349. The van der Waals surface area contributed by atoms with Gasteiger partial charge < -0.3 is 14.2 Å². The number of allylic oxidation sites excluding steroid dienone is 1. The van der Waals surface area contributed by atoms with E-state index in [2.05, 4.69) is 0 Å². The Balaban J connectivity index is 2.13. The molecule has 2 aromatic rings. The third-order valence-corrected chi connectivity index (χ3v) is 3.48. The predicted octanol–water partition coefficient (Wildman–Crippen LogP) is 4.24. The number of carbonyl (C=O) groups excluding carboxylic acids is 1. The molecule has 0 aliphatic carbocycles. The van der Waals surface area contributed by atoms with Gasteiger partial charge in [0.25, 0.3) is 0 Å². The van der Waals surface area contributed by atoms with E-state index in [1.807, 2.05) is 55.5 Å². The zero-order valence-corrected chi connectivity index (χ0v) is 14.2. The van der Waals surface area contributed by atoms with E-state index in [4.69, 9.17) is 14.2 Å². The highest BCUT2D eigenvalue weighted by Crippen LogP contribution is 2.31. The van der Waals surface area contributed by atoms with Crippen molar-refractivity contribution in [1.29, 1.82) is 0 Å². The predicted molar refractivity (Wildman–Crippen MR) is 94.1 cm³/mol. The molecule has 24 heavy (non-hydrogen) atoms. The van der Waals surface area contributed by atoms with Gasteiger partial charge in [0.15, 0.2) is 11.5 Å². The maximum absolute atomic E-state index is 11.6. The lowest BCUT2D eigenvalue weighted by atomic mass is 10.1. The quantitative estimate of drug-likeness (QED) is 0.564. The number of esters is 1. The molecule has 2 aromatic carbocycles. The van der Waals surface area contributed by atoms with Gasteiger partial charge in [-0.1, -0.05) is 36.4 Å². The van der Waals surface area contributed by atoms with Gasteiger partial charge in [0, 0.05) is 6.08 Å². The Labute approximate surface area is 142 Å². The average Bonchev–Trinajstić information content (AvgIpc) is 2.60. The van der Waals surface area contributed by atoms with Crippen molar-refractivity contribution in [2.24, 2.45) is 0 Å². The summed E-state index contributed by atoms with van der Waals surface area (Å²) < 4.78 is 16.2. The number of methoxy groups -OCH3 is 1. The number of carbonyl (C=O) groups is 1. The van der Waals surface area contributed by atoms with Crippen molar-refractivity contribution in [3.8, 4) is 11.5 Å². The van der Waals surface area contributed by atoms with Gasteiger partial charge >= 0.3 is 5.97 Å². The molecule has 0 bridgehead atoms. The number of hydrogen-bond acceptors (Lipinski definition) is 4. The van der Waals surface area contributed by atoms with Crippen LogP contribution >= 0.6 is 0 Å². The lowest BCUT2D eigenvalue weighted by Crippen LogP contribution is -2.01. The summed E-state index contributed by atoms with van der Waals surface area (Å²) in [7, 11) is 1.60. The molecule has 0 spiro atoms. The van der Waals surface area contributed by atoms with Crippen LogP contribution in [0, 0.1) is 0 Å². The van der Waals surface area contributed by atoms with Gasteiger partial charge in [0.2, 0.25) is 0 Å². The summed E-state index contributed by atoms with van der Waals surface area (Å²) in [5.41, 5.74) is 2.77. The highest BCUT2D eigenvalue weighted by molar-refractivity contribution is 5.91. The summed E-state index contributed by atoms with van der Waals surface area (Å²) in [6.45, 7) is 4.46. The van der Waals surface area contributed by atoms with E-state index in [1.165, 1.54) is 6.08 Å². The fraction of sp³-hybridized carbons (Fsp3) is 0.250. The third-order valence-electron chi connectivity index (χ3n) is 3.48. The van der Waals surface area contributed by atoms with Crippen LogP contribution in [0.5, 0.6) is 11.5 Å². The standard InChI is InChI=1S/C20H22O4/c1-4-23-20(21)12-15(2)17-10-11-18(19(13-17)22-3)24-14-16-8-6-5-7-9-16/h5-13H,4,14H2,1-3H3/b15-12+. The van der Waals surface area contributed by atoms with Crippen LogP contribution in [-0.4, -0.2) is 19.7 Å². The van der Waals surface area contributed by atoms with Crippen LogP contribution in [0.2, 0.25) is 0 Å². The number of rotatable bonds is 7. The Morgan fingerprint density at radius 1 is 1.08 bits per heavy atom. The second kappa shape index (κ2) is 8.77. The first-order valence-electron chi connectivity index (χ1n) is 7.84. The smallest absolute Gasteiger partial charge is 0.331 e. The van der Waals surface area contributed by atoms with E-state index in [9.17, 15) is 4.79 Å². The molecule has 0 heterocycles. The summed E-state index contributed by atoms with van der Waals surface area (Å²) >= 11 is 0. The molecule has 0 aromatic heterocycles. The van der Waals surface area contributed by atoms with Crippen molar-refractivity contribution in [3.05, 3.63) is 65.7 Å². The molecular formula is C20H22O4. The first-order chi connectivity index (χ1) is 11.6. The van der Waals surface area contributed by atoms with Gasteiger partial charge in [-0.2, -0.15) is 0 Å². The molecule has 0 atom stereocenters. The van der Waals surface area contributed by atoms with Crippen molar-refractivity contribution >= 4 is 11.5 Å². The molecule has 4 heteroatoms. The maximum Gasteiger partial charge on any atom is 0.331 e. The monoisotopic (exact) mass is 326 g/mol. The Kier molecular flexibility index (Phi) is 6.43. The first kappa shape index (κ1) is 17.6. The molecule has 0 aliphatic rings. The molecule has 0 saturated carbocycles. The number of hydrogen-bond donors (Lipinski definition) is 0. The molecule has 0 aliphatic heterocycles. The van der Waals surface area contributed by atoms with Crippen molar-refractivity contribution in [3.63, 3.8) is 0 Å². The largest absolute Gasteiger partial charge is 0.493 e. The normalized spacial score (nSPS) is 11.0. The van der Waals surface area contributed by atoms with Crippen LogP contribution in [0.25, 0.3) is 5.57 Å². The molecule has 0 fully saturated rings. The second-order valence-corrected chi connectivity index (χ2v) is 5.22. The van der Waals surface area contributed by atoms with Gasteiger partial charge in [-0.25, -0.2) is 4.79 Å². The van der Waals surface area contributed by atoms with Crippen LogP contribution < -0.4 is 9.47 Å². The molecule has 0 saturated heterocycles. The van der Waals surface area contributed by atoms with E-state index in [0.29, 0.717) is 24.7 Å². The molecule has 2 rings (SSSR count). The topological polar surface area (TPSA) is 44.8 Å². The fourth-order valence-electron chi connectivity index (χ4n) is 2.21. The van der Waals surface area contributed by atoms with Gasteiger partial charge in [0.05, 0.1) is 13.7 Å².